The third-order valence-electron chi connectivity index (χ3n) is 2.75. The average molecular weight is 252 g/mol. The van der Waals surface area contributed by atoms with Crippen LogP contribution in [0.25, 0.3) is 0 Å². The van der Waals surface area contributed by atoms with Gasteiger partial charge in [-0.1, -0.05) is 12.1 Å². The summed E-state index contributed by atoms with van der Waals surface area (Å²) in [6.45, 7) is 1.17. The highest BCUT2D eigenvalue weighted by atomic mass is 19.1. The number of aliphatic carboxylic acids is 1. The fourth-order valence-corrected chi connectivity index (χ4v) is 1.91. The summed E-state index contributed by atoms with van der Waals surface area (Å²) in [5.41, 5.74) is 0.464. The molecule has 0 aliphatic rings. The van der Waals surface area contributed by atoms with E-state index in [-0.39, 0.29) is 6.42 Å². The van der Waals surface area contributed by atoms with Crippen molar-refractivity contribution < 1.29 is 23.9 Å². The fraction of sp³-hybridized carbons (Fsp3) is 0.308. The van der Waals surface area contributed by atoms with E-state index in [2.05, 4.69) is 0 Å². The van der Waals surface area contributed by atoms with Crippen LogP contribution in [-0.2, 0) is 14.4 Å². The summed E-state index contributed by atoms with van der Waals surface area (Å²) in [6.07, 6.45) is 0.467. The van der Waals surface area contributed by atoms with Gasteiger partial charge in [-0.15, -0.1) is 0 Å². The lowest BCUT2D eigenvalue weighted by Gasteiger charge is -2.20. The Balaban J connectivity index is 3.14. The predicted molar refractivity (Wildman–Crippen MR) is 61.6 cm³/mol. The molecule has 2 unspecified atom stereocenters. The van der Waals surface area contributed by atoms with Gasteiger partial charge in [0.15, 0.2) is 0 Å². The number of carboxylic acid groups (broad SMARTS) is 1. The van der Waals surface area contributed by atoms with Gasteiger partial charge in [-0.25, -0.2) is 4.39 Å². The van der Waals surface area contributed by atoms with Crippen LogP contribution in [0.3, 0.4) is 0 Å². The number of aldehydes is 1. The van der Waals surface area contributed by atoms with E-state index in [1.54, 1.807) is 0 Å². The monoisotopic (exact) mass is 252 g/mol. The second-order valence-corrected chi connectivity index (χ2v) is 3.99. The molecule has 18 heavy (non-hydrogen) atoms. The van der Waals surface area contributed by atoms with E-state index in [1.165, 1.54) is 31.2 Å². The van der Waals surface area contributed by atoms with Crippen LogP contribution in [0, 0.1) is 11.7 Å². The van der Waals surface area contributed by atoms with Crippen LogP contribution in [0.5, 0.6) is 0 Å². The third kappa shape index (κ3) is 3.23. The summed E-state index contributed by atoms with van der Waals surface area (Å²) >= 11 is 0. The van der Waals surface area contributed by atoms with E-state index in [0.717, 1.165) is 0 Å². The van der Waals surface area contributed by atoms with Crippen molar-refractivity contribution in [1.82, 2.24) is 0 Å². The SMILES string of the molecule is CC(=O)C(C(=O)O)C(CC=O)c1ccc(F)cc1. The standard InChI is InChI=1S/C13H13FO4/c1-8(16)12(13(17)18)11(6-7-15)9-2-4-10(14)5-3-9/h2-5,7,11-12H,6H2,1H3,(H,17,18). The Hall–Kier alpha value is -2.04. The maximum atomic E-state index is 12.8. The highest BCUT2D eigenvalue weighted by Gasteiger charge is 2.33. The van der Waals surface area contributed by atoms with Crippen LogP contribution in [0.15, 0.2) is 24.3 Å². The van der Waals surface area contributed by atoms with Gasteiger partial charge in [0, 0.05) is 12.3 Å². The summed E-state index contributed by atoms with van der Waals surface area (Å²) in [5, 5.41) is 9.05. The Labute approximate surface area is 103 Å². The number of hydrogen-bond donors (Lipinski definition) is 1. The summed E-state index contributed by atoms with van der Waals surface area (Å²) in [5.74, 6) is -4.32. The summed E-state index contributed by atoms with van der Waals surface area (Å²) in [7, 11) is 0. The molecule has 2 atom stereocenters. The minimum atomic E-state index is -1.29. The van der Waals surface area contributed by atoms with Crippen molar-refractivity contribution in [2.45, 2.75) is 19.3 Å². The molecule has 0 aromatic heterocycles. The quantitative estimate of drug-likeness (QED) is 0.619. The zero-order chi connectivity index (χ0) is 13.7. The first-order chi connectivity index (χ1) is 8.47. The Morgan fingerprint density at radius 2 is 1.89 bits per heavy atom. The van der Waals surface area contributed by atoms with Gasteiger partial charge in [0.1, 0.15) is 23.8 Å². The lowest BCUT2D eigenvalue weighted by Crippen LogP contribution is -2.28. The van der Waals surface area contributed by atoms with Gasteiger partial charge in [-0.3, -0.25) is 9.59 Å². The van der Waals surface area contributed by atoms with Gasteiger partial charge < -0.3 is 9.90 Å². The van der Waals surface area contributed by atoms with Crippen molar-refractivity contribution in [2.24, 2.45) is 5.92 Å². The number of hydrogen-bond acceptors (Lipinski definition) is 3. The molecule has 0 heterocycles. The van der Waals surface area contributed by atoms with Crippen LogP contribution in [0.4, 0.5) is 4.39 Å². The van der Waals surface area contributed by atoms with Crippen LogP contribution in [-0.4, -0.2) is 23.1 Å². The molecule has 0 bridgehead atoms. The van der Waals surface area contributed by atoms with Crippen molar-refractivity contribution in [2.75, 3.05) is 0 Å². The molecule has 0 saturated carbocycles. The second-order valence-electron chi connectivity index (χ2n) is 3.99. The fourth-order valence-electron chi connectivity index (χ4n) is 1.91. The van der Waals surface area contributed by atoms with Crippen LogP contribution in [0.2, 0.25) is 0 Å². The van der Waals surface area contributed by atoms with Crippen molar-refractivity contribution in [3.63, 3.8) is 0 Å². The number of carbonyl (C=O) groups is 3. The molecular formula is C13H13FO4. The normalized spacial score (nSPS) is 13.7. The first-order valence-corrected chi connectivity index (χ1v) is 5.39. The summed E-state index contributed by atoms with van der Waals surface area (Å²) in [4.78, 5) is 33.1. The Bertz CT molecular complexity index is 439. The number of benzene rings is 1. The summed E-state index contributed by atoms with van der Waals surface area (Å²) < 4.78 is 12.8. The third-order valence-corrected chi connectivity index (χ3v) is 2.75. The van der Waals surface area contributed by atoms with E-state index >= 15 is 0 Å². The zero-order valence-corrected chi connectivity index (χ0v) is 9.80. The lowest BCUT2D eigenvalue weighted by molar-refractivity contribution is -0.146. The van der Waals surface area contributed by atoms with Gasteiger partial charge in [-0.2, -0.15) is 0 Å². The van der Waals surface area contributed by atoms with Gasteiger partial charge in [0.2, 0.25) is 0 Å². The van der Waals surface area contributed by atoms with Gasteiger partial charge in [-0.05, 0) is 24.6 Å². The zero-order valence-electron chi connectivity index (χ0n) is 9.80. The smallest absolute Gasteiger partial charge is 0.314 e. The van der Waals surface area contributed by atoms with Gasteiger partial charge >= 0.3 is 5.97 Å². The largest absolute Gasteiger partial charge is 0.481 e. The maximum absolute atomic E-state index is 12.8. The molecule has 0 radical (unpaired) electrons. The van der Waals surface area contributed by atoms with E-state index in [4.69, 9.17) is 5.11 Å². The van der Waals surface area contributed by atoms with E-state index in [1.807, 2.05) is 0 Å². The lowest BCUT2D eigenvalue weighted by atomic mass is 9.82. The van der Waals surface area contributed by atoms with E-state index in [9.17, 15) is 18.8 Å². The Kier molecular flexibility index (Phi) is 4.71. The minimum Gasteiger partial charge on any atom is -0.481 e. The molecule has 0 aliphatic heterocycles. The molecule has 0 aliphatic carbocycles. The van der Waals surface area contributed by atoms with Crippen LogP contribution < -0.4 is 0 Å². The molecule has 1 rings (SSSR count). The predicted octanol–water partition coefficient (Wildman–Crippen LogP) is 1.79. The maximum Gasteiger partial charge on any atom is 0.314 e. The van der Waals surface area contributed by atoms with E-state index in [0.29, 0.717) is 11.8 Å². The van der Waals surface area contributed by atoms with E-state index < -0.39 is 29.4 Å². The molecule has 4 nitrogen and oxygen atoms in total. The molecule has 0 fully saturated rings. The van der Waals surface area contributed by atoms with Gasteiger partial charge in [0.25, 0.3) is 0 Å². The average Bonchev–Trinajstić information content (AvgIpc) is 2.28. The molecule has 0 spiro atoms. The molecule has 1 aromatic rings. The minimum absolute atomic E-state index is 0.0951. The number of Topliss-reactive ketones (excluding diaryl/α,β-unsaturated/α-hetero) is 1. The highest BCUT2D eigenvalue weighted by Crippen LogP contribution is 2.28. The number of halogens is 1. The molecule has 96 valence electrons. The molecule has 0 amide bonds. The molecule has 1 aromatic carbocycles. The summed E-state index contributed by atoms with van der Waals surface area (Å²) in [6, 6.07) is 5.13. The number of carboxylic acids is 1. The molecule has 0 saturated heterocycles. The highest BCUT2D eigenvalue weighted by molar-refractivity contribution is 5.98. The first kappa shape index (κ1) is 14.0. The van der Waals surface area contributed by atoms with Crippen LogP contribution in [0.1, 0.15) is 24.8 Å². The number of rotatable bonds is 6. The Morgan fingerprint density at radius 1 is 1.33 bits per heavy atom. The second kappa shape index (κ2) is 6.05. The van der Waals surface area contributed by atoms with Crippen molar-refractivity contribution in [3.8, 4) is 0 Å². The molecule has 5 heteroatoms. The van der Waals surface area contributed by atoms with Crippen molar-refractivity contribution in [3.05, 3.63) is 35.6 Å². The van der Waals surface area contributed by atoms with Gasteiger partial charge in [0.05, 0.1) is 0 Å². The number of ketones is 1. The van der Waals surface area contributed by atoms with Crippen LogP contribution >= 0.6 is 0 Å². The van der Waals surface area contributed by atoms with Crippen molar-refractivity contribution in [1.29, 1.82) is 0 Å². The topological polar surface area (TPSA) is 71.4 Å². The number of carbonyl (C=O) groups excluding carboxylic acids is 2. The molecule has 1 N–H and O–H groups in total. The Morgan fingerprint density at radius 3 is 2.28 bits per heavy atom. The van der Waals surface area contributed by atoms with Crippen molar-refractivity contribution >= 4 is 18.0 Å². The first-order valence-electron chi connectivity index (χ1n) is 5.39. The molecular weight excluding hydrogens is 239 g/mol.